The highest BCUT2D eigenvalue weighted by Gasteiger charge is 2.32. The molecule has 1 aliphatic rings. The molecular formula is C17H26N2O4. The number of β-amino-alcohol motifs (C(OH)–C–C–N with tert-alkyl or cyclic N) is 1. The molecule has 2 rings (SSSR count). The molecule has 0 fully saturated rings. The van der Waals surface area contributed by atoms with Crippen LogP contribution in [0.1, 0.15) is 43.9 Å². The van der Waals surface area contributed by atoms with Crippen LogP contribution >= 0.6 is 0 Å². The van der Waals surface area contributed by atoms with Crippen LogP contribution in [-0.4, -0.2) is 42.8 Å². The van der Waals surface area contributed by atoms with Gasteiger partial charge in [-0.3, -0.25) is 0 Å². The summed E-state index contributed by atoms with van der Waals surface area (Å²) in [5.41, 5.74) is 1.50. The van der Waals surface area contributed by atoms with Crippen molar-refractivity contribution in [3.05, 3.63) is 23.3 Å². The van der Waals surface area contributed by atoms with E-state index in [4.69, 9.17) is 9.47 Å². The van der Waals surface area contributed by atoms with E-state index in [2.05, 4.69) is 12.2 Å². The maximum absolute atomic E-state index is 12.4. The molecule has 2 atom stereocenters. The molecule has 6 nitrogen and oxygen atoms in total. The van der Waals surface area contributed by atoms with Gasteiger partial charge >= 0.3 is 6.03 Å². The second kappa shape index (κ2) is 7.55. The fourth-order valence-electron chi connectivity index (χ4n) is 3.04. The second-order valence-electron chi connectivity index (χ2n) is 5.90. The Morgan fingerprint density at radius 1 is 1.39 bits per heavy atom. The maximum atomic E-state index is 12.4. The van der Waals surface area contributed by atoms with Crippen LogP contribution in [0.5, 0.6) is 11.5 Å². The van der Waals surface area contributed by atoms with Crippen molar-refractivity contribution in [2.24, 2.45) is 0 Å². The van der Waals surface area contributed by atoms with Gasteiger partial charge in [0.15, 0.2) is 0 Å². The maximum Gasteiger partial charge on any atom is 0.318 e. The highest BCUT2D eigenvalue weighted by Crippen LogP contribution is 2.39. The van der Waals surface area contributed by atoms with E-state index in [1.54, 1.807) is 31.3 Å². The average Bonchev–Trinajstić information content (AvgIpc) is 2.53. The zero-order chi connectivity index (χ0) is 17.0. The highest BCUT2D eigenvalue weighted by molar-refractivity contribution is 5.75. The molecule has 2 N–H and O–H groups in total. The summed E-state index contributed by atoms with van der Waals surface area (Å²) in [4.78, 5) is 14.0. The fourth-order valence-corrected chi connectivity index (χ4v) is 3.04. The van der Waals surface area contributed by atoms with Gasteiger partial charge in [-0.2, -0.15) is 0 Å². The minimum atomic E-state index is -0.795. The summed E-state index contributed by atoms with van der Waals surface area (Å²) in [7, 11) is 3.15. The molecule has 0 radical (unpaired) electrons. The first kappa shape index (κ1) is 17.4. The number of urea groups is 1. The first-order valence-corrected chi connectivity index (χ1v) is 7.99. The van der Waals surface area contributed by atoms with Crippen LogP contribution < -0.4 is 14.8 Å². The lowest BCUT2D eigenvalue weighted by Gasteiger charge is -2.34. The van der Waals surface area contributed by atoms with Gasteiger partial charge in [0.25, 0.3) is 0 Å². The summed E-state index contributed by atoms with van der Waals surface area (Å²) in [6, 6.07) is 3.52. The molecule has 23 heavy (non-hydrogen) atoms. The van der Waals surface area contributed by atoms with Gasteiger partial charge < -0.3 is 24.8 Å². The summed E-state index contributed by atoms with van der Waals surface area (Å²) in [5, 5.41) is 13.5. The summed E-state index contributed by atoms with van der Waals surface area (Å²) in [5.74, 6) is 1.27. The number of hydrogen-bond donors (Lipinski definition) is 2. The van der Waals surface area contributed by atoms with Gasteiger partial charge in [0.1, 0.15) is 17.6 Å². The number of ether oxygens (including phenoxy) is 2. The number of benzene rings is 1. The quantitative estimate of drug-likeness (QED) is 0.873. The summed E-state index contributed by atoms with van der Waals surface area (Å²) in [6.45, 7) is 4.69. The van der Waals surface area contributed by atoms with Gasteiger partial charge in [-0.25, -0.2) is 4.79 Å². The van der Waals surface area contributed by atoms with Crippen molar-refractivity contribution in [1.82, 2.24) is 10.2 Å². The van der Waals surface area contributed by atoms with Crippen molar-refractivity contribution < 1.29 is 19.4 Å². The zero-order valence-corrected chi connectivity index (χ0v) is 14.3. The Bertz CT molecular complexity index is 562. The number of rotatable bonds is 5. The predicted octanol–water partition coefficient (Wildman–Crippen LogP) is 2.45. The van der Waals surface area contributed by atoms with Gasteiger partial charge in [-0.15, -0.1) is 0 Å². The second-order valence-corrected chi connectivity index (χ2v) is 5.90. The Labute approximate surface area is 137 Å². The normalized spacial score (nSPS) is 18.1. The van der Waals surface area contributed by atoms with Gasteiger partial charge in [0.2, 0.25) is 0 Å². The number of carbonyl (C=O) groups excluding carboxylic acids is 1. The lowest BCUT2D eigenvalue weighted by atomic mass is 9.95. The first-order valence-electron chi connectivity index (χ1n) is 7.99. The van der Waals surface area contributed by atoms with Crippen LogP contribution in [-0.2, 0) is 6.54 Å². The molecule has 128 valence electrons. The summed E-state index contributed by atoms with van der Waals surface area (Å²) in [6.07, 6.45) is 1.14. The highest BCUT2D eigenvalue weighted by atomic mass is 16.5. The van der Waals surface area contributed by atoms with Gasteiger partial charge in [-0.1, -0.05) is 13.3 Å². The lowest BCUT2D eigenvalue weighted by molar-refractivity contribution is 0.0995. The zero-order valence-electron chi connectivity index (χ0n) is 14.3. The largest absolute Gasteiger partial charge is 0.496 e. The Hall–Kier alpha value is -1.95. The summed E-state index contributed by atoms with van der Waals surface area (Å²) < 4.78 is 10.7. The Balaban J connectivity index is 2.24. The van der Waals surface area contributed by atoms with Gasteiger partial charge in [0, 0.05) is 17.2 Å². The van der Waals surface area contributed by atoms with Crippen LogP contribution in [0.2, 0.25) is 0 Å². The van der Waals surface area contributed by atoms with Gasteiger partial charge in [-0.05, 0) is 25.5 Å². The van der Waals surface area contributed by atoms with E-state index in [1.807, 2.05) is 6.92 Å². The molecule has 0 aliphatic carbocycles. The Morgan fingerprint density at radius 2 is 2.04 bits per heavy atom. The molecule has 0 saturated heterocycles. The number of aliphatic hydroxyl groups is 1. The minimum absolute atomic E-state index is 0.109. The molecule has 1 aromatic carbocycles. The Kier molecular flexibility index (Phi) is 5.71. The smallest absolute Gasteiger partial charge is 0.318 e. The van der Waals surface area contributed by atoms with Crippen LogP contribution in [0.25, 0.3) is 0 Å². The number of nitrogens with zero attached hydrogens (tertiary/aromatic N) is 1. The number of aliphatic hydroxyl groups excluding tert-OH is 1. The van der Waals surface area contributed by atoms with E-state index in [9.17, 15) is 9.90 Å². The molecule has 1 heterocycles. The van der Waals surface area contributed by atoms with E-state index in [0.717, 1.165) is 18.4 Å². The number of hydrogen-bond acceptors (Lipinski definition) is 4. The topological polar surface area (TPSA) is 71.0 Å². The van der Waals surface area contributed by atoms with E-state index in [-0.39, 0.29) is 18.6 Å². The number of amides is 2. The fraction of sp³-hybridized carbons (Fsp3) is 0.588. The number of fused-ring (bicyclic) bond motifs is 1. The van der Waals surface area contributed by atoms with Crippen LogP contribution in [0.15, 0.2) is 12.1 Å². The Morgan fingerprint density at radius 3 is 2.65 bits per heavy atom. The molecule has 0 aromatic heterocycles. The van der Waals surface area contributed by atoms with Crippen molar-refractivity contribution in [2.75, 3.05) is 20.8 Å². The van der Waals surface area contributed by atoms with Crippen molar-refractivity contribution in [3.8, 4) is 11.5 Å². The molecule has 1 aliphatic heterocycles. The SMILES string of the molecule is CCC[C@@H](C)NC(=O)N1Cc2c(OC)ccc(OC)c2[C@@H](O)C1. The van der Waals surface area contributed by atoms with Crippen LogP contribution in [0.3, 0.4) is 0 Å². The molecule has 1 aromatic rings. The van der Waals surface area contributed by atoms with Gasteiger partial charge in [0.05, 0.1) is 27.3 Å². The molecule has 0 saturated carbocycles. The monoisotopic (exact) mass is 322 g/mol. The van der Waals surface area contributed by atoms with E-state index in [1.165, 1.54) is 0 Å². The lowest BCUT2D eigenvalue weighted by Crippen LogP contribution is -2.47. The van der Waals surface area contributed by atoms with Crippen molar-refractivity contribution in [3.63, 3.8) is 0 Å². The van der Waals surface area contributed by atoms with Crippen molar-refractivity contribution in [1.29, 1.82) is 0 Å². The molecular weight excluding hydrogens is 296 g/mol. The third-order valence-corrected chi connectivity index (χ3v) is 4.17. The third-order valence-electron chi connectivity index (χ3n) is 4.17. The number of carbonyl (C=O) groups is 1. The molecule has 2 amide bonds. The molecule has 0 spiro atoms. The van der Waals surface area contributed by atoms with Crippen LogP contribution in [0.4, 0.5) is 4.79 Å². The molecule has 6 heteroatoms. The van der Waals surface area contributed by atoms with E-state index >= 15 is 0 Å². The van der Waals surface area contributed by atoms with E-state index < -0.39 is 6.10 Å². The first-order chi connectivity index (χ1) is 11.0. The van der Waals surface area contributed by atoms with E-state index in [0.29, 0.717) is 23.6 Å². The van der Waals surface area contributed by atoms with Crippen molar-refractivity contribution in [2.45, 2.75) is 45.4 Å². The average molecular weight is 322 g/mol. The van der Waals surface area contributed by atoms with Crippen LogP contribution in [0, 0.1) is 0 Å². The molecule has 0 bridgehead atoms. The van der Waals surface area contributed by atoms with Crippen molar-refractivity contribution >= 4 is 6.03 Å². The third kappa shape index (κ3) is 3.69. The minimum Gasteiger partial charge on any atom is -0.496 e. The number of nitrogens with one attached hydrogen (secondary N) is 1. The molecule has 0 unspecified atom stereocenters. The summed E-state index contributed by atoms with van der Waals surface area (Å²) >= 11 is 0. The predicted molar refractivity (Wildman–Crippen MR) is 87.8 cm³/mol. The number of methoxy groups -OCH3 is 2. The standard InChI is InChI=1S/C17H26N2O4/c1-5-6-11(2)18-17(21)19-9-12-14(22-3)7-8-15(23-4)16(12)13(20)10-19/h7-8,11,13,20H,5-6,9-10H2,1-4H3,(H,18,21)/t11-,13+/m1/s1.